The first-order chi connectivity index (χ1) is 21.0. The van der Waals surface area contributed by atoms with E-state index in [0.29, 0.717) is 18.6 Å². The van der Waals surface area contributed by atoms with E-state index in [1.807, 2.05) is 30.3 Å². The van der Waals surface area contributed by atoms with Gasteiger partial charge in [0, 0.05) is 56.1 Å². The lowest BCUT2D eigenvalue weighted by Gasteiger charge is -2.23. The average molecular weight is 629 g/mol. The smallest absolute Gasteiger partial charge is 0.306 e. The van der Waals surface area contributed by atoms with Crippen LogP contribution in [0.2, 0.25) is 0 Å². The number of aromatic hydroxyl groups is 1. The van der Waals surface area contributed by atoms with Gasteiger partial charge in [-0.1, -0.05) is 54.2 Å². The lowest BCUT2D eigenvalue weighted by atomic mass is 10.00. The van der Waals surface area contributed by atoms with Crippen LogP contribution in [0, 0.1) is 0 Å². The van der Waals surface area contributed by atoms with E-state index < -0.39 is 12.1 Å². The molecule has 0 radical (unpaired) electrons. The van der Waals surface area contributed by atoms with Crippen molar-refractivity contribution < 1.29 is 33.8 Å². The van der Waals surface area contributed by atoms with E-state index in [-0.39, 0.29) is 85.9 Å². The Bertz CT molecular complexity index is 1210. The van der Waals surface area contributed by atoms with E-state index >= 15 is 0 Å². The summed E-state index contributed by atoms with van der Waals surface area (Å²) in [5.41, 5.74) is 7.54. The number of benzene rings is 2. The Balaban J connectivity index is 1.98. The molecule has 0 aliphatic rings. The Hall–Kier alpha value is -3.90. The molecule has 2 aromatic rings. The van der Waals surface area contributed by atoms with Crippen LogP contribution in [0.25, 0.3) is 0 Å². The molecule has 0 aliphatic carbocycles. The van der Waals surface area contributed by atoms with Crippen LogP contribution in [0.3, 0.4) is 0 Å². The van der Waals surface area contributed by atoms with E-state index in [2.05, 4.69) is 16.0 Å². The number of hydrogen-bond donors (Lipinski definition) is 5. The van der Waals surface area contributed by atoms with Gasteiger partial charge in [-0.2, -0.15) is 0 Å². The second-order valence-corrected chi connectivity index (χ2v) is 11.7. The predicted octanol–water partition coefficient (Wildman–Crippen LogP) is 2.38. The first kappa shape index (κ1) is 36.3. The van der Waals surface area contributed by atoms with E-state index in [0.717, 1.165) is 22.9 Å². The van der Waals surface area contributed by atoms with Crippen molar-refractivity contribution in [1.29, 1.82) is 0 Å². The van der Waals surface area contributed by atoms with Gasteiger partial charge in [0.1, 0.15) is 5.75 Å². The van der Waals surface area contributed by atoms with Crippen molar-refractivity contribution in [3.05, 3.63) is 65.7 Å². The second-order valence-electron chi connectivity index (χ2n) is 10.6. The van der Waals surface area contributed by atoms with Gasteiger partial charge in [-0.05, 0) is 49.9 Å². The molecule has 3 amide bonds. The summed E-state index contributed by atoms with van der Waals surface area (Å²) in [6.07, 6.45) is 1.06. The second kappa shape index (κ2) is 20.1. The number of nitrogens with one attached hydrogen (secondary N) is 3. The molecule has 0 unspecified atom stereocenters. The molecule has 3 atom stereocenters. The zero-order chi connectivity index (χ0) is 32.3. The van der Waals surface area contributed by atoms with Crippen LogP contribution < -0.4 is 21.7 Å². The molecule has 0 aliphatic heterocycles. The van der Waals surface area contributed by atoms with Crippen LogP contribution in [-0.4, -0.2) is 70.9 Å². The number of carbonyl (C=O) groups is 5. The first-order valence-electron chi connectivity index (χ1n) is 14.8. The zero-order valence-electron chi connectivity index (χ0n) is 25.4. The largest absolute Gasteiger partial charge is 0.508 e. The Labute approximate surface area is 263 Å². The summed E-state index contributed by atoms with van der Waals surface area (Å²) in [5, 5.41) is 18.1. The SMILES string of the molecule is CCOC(=O)CCSC(=O)CCNC(=O)C[C@H](Cc1ccc(O)cc1)NC(=O)C[C@H](Cc1ccccc1)NC(=O)C[C@H](C)N. The number of phenolic OH excluding ortho intramolecular Hbond substituents is 1. The molecule has 0 fully saturated rings. The number of nitrogens with two attached hydrogens (primary N) is 1. The Kier molecular flexibility index (Phi) is 16.6. The molecule has 2 aromatic carbocycles. The molecule has 6 N–H and O–H groups in total. The molecule has 0 saturated heterocycles. The highest BCUT2D eigenvalue weighted by Crippen LogP contribution is 2.14. The van der Waals surface area contributed by atoms with Gasteiger partial charge in [-0.3, -0.25) is 24.0 Å². The number of phenols is 1. The van der Waals surface area contributed by atoms with Crippen LogP contribution in [0.1, 0.15) is 57.1 Å². The van der Waals surface area contributed by atoms with Crippen LogP contribution in [-0.2, 0) is 41.6 Å². The van der Waals surface area contributed by atoms with Gasteiger partial charge in [0.05, 0.1) is 13.0 Å². The summed E-state index contributed by atoms with van der Waals surface area (Å²) >= 11 is 1.02. The maximum atomic E-state index is 13.2. The molecule has 44 heavy (non-hydrogen) atoms. The third-order valence-electron chi connectivity index (χ3n) is 6.37. The van der Waals surface area contributed by atoms with Gasteiger partial charge in [0.2, 0.25) is 17.7 Å². The van der Waals surface area contributed by atoms with E-state index in [1.165, 1.54) is 12.1 Å². The van der Waals surface area contributed by atoms with Crippen molar-refractivity contribution in [3.8, 4) is 5.75 Å². The van der Waals surface area contributed by atoms with Gasteiger partial charge in [-0.15, -0.1) is 0 Å². The van der Waals surface area contributed by atoms with Gasteiger partial charge >= 0.3 is 5.97 Å². The molecule has 2 rings (SSSR count). The average Bonchev–Trinajstić information content (AvgIpc) is 2.94. The fourth-order valence-electron chi connectivity index (χ4n) is 4.41. The summed E-state index contributed by atoms with van der Waals surface area (Å²) in [5.74, 6) is -0.878. The summed E-state index contributed by atoms with van der Waals surface area (Å²) in [6, 6.07) is 14.6. The molecule has 0 heterocycles. The minimum Gasteiger partial charge on any atom is -0.508 e. The fourth-order valence-corrected chi connectivity index (χ4v) is 5.15. The van der Waals surface area contributed by atoms with E-state index in [4.69, 9.17) is 10.5 Å². The minimum atomic E-state index is -0.584. The zero-order valence-corrected chi connectivity index (χ0v) is 26.2. The summed E-state index contributed by atoms with van der Waals surface area (Å²) in [6.45, 7) is 3.86. The topological polar surface area (TPSA) is 177 Å². The molecule has 12 heteroatoms. The standard InChI is InChI=1S/C32H44N4O7S/c1-3-43-31(41)14-16-44-32(42)13-15-34-28(38)20-25(19-24-9-11-27(37)12-10-24)36-30(40)21-26(35-29(39)17-22(2)33)18-23-7-5-4-6-8-23/h4-12,22,25-26,37H,3,13-21,33H2,1-2H3,(H,34,38)(H,35,39)(H,36,40)/t22-,25-,26-/m0/s1. The number of hydrogen-bond acceptors (Lipinski definition) is 9. The van der Waals surface area contributed by atoms with Gasteiger partial charge in [0.15, 0.2) is 5.12 Å². The molecule has 11 nitrogen and oxygen atoms in total. The molecular weight excluding hydrogens is 584 g/mol. The highest BCUT2D eigenvalue weighted by Gasteiger charge is 2.22. The molecule has 0 saturated carbocycles. The van der Waals surface area contributed by atoms with Gasteiger partial charge in [0.25, 0.3) is 0 Å². The van der Waals surface area contributed by atoms with Crippen molar-refractivity contribution in [3.63, 3.8) is 0 Å². The van der Waals surface area contributed by atoms with Crippen LogP contribution in [0.15, 0.2) is 54.6 Å². The third kappa shape index (κ3) is 16.1. The van der Waals surface area contributed by atoms with Gasteiger partial charge in [-0.25, -0.2) is 0 Å². The van der Waals surface area contributed by atoms with Crippen LogP contribution >= 0.6 is 11.8 Å². The fraction of sp³-hybridized carbons (Fsp3) is 0.469. The van der Waals surface area contributed by atoms with Crippen molar-refractivity contribution in [2.75, 3.05) is 18.9 Å². The highest BCUT2D eigenvalue weighted by atomic mass is 32.2. The van der Waals surface area contributed by atoms with Crippen LogP contribution in [0.5, 0.6) is 5.75 Å². The summed E-state index contributed by atoms with van der Waals surface area (Å²) in [4.78, 5) is 62.1. The lowest BCUT2D eigenvalue weighted by molar-refractivity contribution is -0.142. The minimum absolute atomic E-state index is 0.00912. The maximum Gasteiger partial charge on any atom is 0.306 e. The highest BCUT2D eigenvalue weighted by molar-refractivity contribution is 8.13. The Morgan fingerprint density at radius 2 is 1.39 bits per heavy atom. The number of esters is 1. The summed E-state index contributed by atoms with van der Waals surface area (Å²) in [7, 11) is 0. The Morgan fingerprint density at radius 1 is 0.818 bits per heavy atom. The van der Waals surface area contributed by atoms with Gasteiger partial charge < -0.3 is 31.5 Å². The Morgan fingerprint density at radius 3 is 1.98 bits per heavy atom. The van der Waals surface area contributed by atoms with E-state index in [1.54, 1.807) is 26.0 Å². The summed E-state index contributed by atoms with van der Waals surface area (Å²) < 4.78 is 4.84. The molecule has 0 spiro atoms. The van der Waals surface area contributed by atoms with Crippen LogP contribution in [0.4, 0.5) is 0 Å². The number of rotatable bonds is 19. The molecule has 240 valence electrons. The van der Waals surface area contributed by atoms with Crippen molar-refractivity contribution in [2.24, 2.45) is 5.73 Å². The maximum absolute atomic E-state index is 13.2. The number of thioether (sulfide) groups is 1. The first-order valence-corrected chi connectivity index (χ1v) is 15.8. The quantitative estimate of drug-likeness (QED) is 0.146. The van der Waals surface area contributed by atoms with Crippen molar-refractivity contribution >= 4 is 40.6 Å². The van der Waals surface area contributed by atoms with Crippen molar-refractivity contribution in [1.82, 2.24) is 16.0 Å². The normalized spacial score (nSPS) is 12.8. The van der Waals surface area contributed by atoms with Crippen molar-refractivity contribution in [2.45, 2.75) is 76.9 Å². The number of amides is 3. The number of carbonyl (C=O) groups excluding carboxylic acids is 5. The molecular formula is C32H44N4O7S. The van der Waals surface area contributed by atoms with E-state index in [9.17, 15) is 29.1 Å². The molecule has 0 aromatic heterocycles. The number of ether oxygens (including phenoxy) is 1. The lowest BCUT2D eigenvalue weighted by Crippen LogP contribution is -2.45. The molecule has 0 bridgehead atoms. The third-order valence-corrected chi connectivity index (χ3v) is 7.30. The predicted molar refractivity (Wildman–Crippen MR) is 170 cm³/mol. The monoisotopic (exact) mass is 628 g/mol.